The maximum Gasteiger partial charge on any atom is 0.309 e. The smallest absolute Gasteiger partial charge is 0.309 e. The van der Waals surface area contributed by atoms with Gasteiger partial charge >= 0.3 is 5.97 Å². The van der Waals surface area contributed by atoms with Crippen LogP contribution < -0.4 is 0 Å². The number of unbranched alkanes of at least 4 members (excludes halogenated alkanes) is 1. The zero-order chi connectivity index (χ0) is 11.3. The molecule has 1 aliphatic heterocycles. The minimum atomic E-state index is -0.0471. The van der Waals surface area contributed by atoms with Gasteiger partial charge in [-0.3, -0.25) is 4.79 Å². The van der Waals surface area contributed by atoms with Gasteiger partial charge in [0.2, 0.25) is 0 Å². The molecule has 1 fully saturated rings. The van der Waals surface area contributed by atoms with Crippen LogP contribution >= 0.6 is 0 Å². The second-order valence-electron chi connectivity index (χ2n) is 4.57. The van der Waals surface area contributed by atoms with Crippen LogP contribution in [-0.4, -0.2) is 25.3 Å². The quantitative estimate of drug-likeness (QED) is 0.503. The van der Waals surface area contributed by atoms with Crippen molar-refractivity contribution in [1.29, 1.82) is 0 Å². The third kappa shape index (κ3) is 3.82. The van der Waals surface area contributed by atoms with E-state index in [0.717, 1.165) is 25.9 Å². The van der Waals surface area contributed by atoms with Crippen molar-refractivity contribution < 1.29 is 14.3 Å². The second kappa shape index (κ2) is 6.11. The minimum absolute atomic E-state index is 0.0123. The Labute approximate surface area is 92.1 Å². The summed E-state index contributed by atoms with van der Waals surface area (Å²) in [7, 11) is 0. The first-order chi connectivity index (χ1) is 7.15. The molecule has 3 heteroatoms. The lowest BCUT2D eigenvalue weighted by molar-refractivity contribution is -0.147. The summed E-state index contributed by atoms with van der Waals surface area (Å²) >= 11 is 0. The Kier molecular flexibility index (Phi) is 5.09. The predicted octanol–water partition coefficient (Wildman–Crippen LogP) is 2.39. The van der Waals surface area contributed by atoms with Crippen molar-refractivity contribution in [1.82, 2.24) is 0 Å². The molecule has 2 unspecified atom stereocenters. The zero-order valence-electron chi connectivity index (χ0n) is 9.99. The first kappa shape index (κ1) is 12.5. The highest BCUT2D eigenvalue weighted by molar-refractivity contribution is 5.74. The summed E-state index contributed by atoms with van der Waals surface area (Å²) in [5.74, 6) is 0.400. The number of ether oxygens (including phenoxy) is 2. The van der Waals surface area contributed by atoms with Gasteiger partial charge in [-0.25, -0.2) is 0 Å². The van der Waals surface area contributed by atoms with Crippen LogP contribution in [0.25, 0.3) is 0 Å². The Balaban J connectivity index is 2.20. The van der Waals surface area contributed by atoms with Crippen LogP contribution in [0.15, 0.2) is 0 Å². The van der Waals surface area contributed by atoms with Crippen molar-refractivity contribution in [2.75, 3.05) is 13.2 Å². The fourth-order valence-electron chi connectivity index (χ4n) is 1.79. The fourth-order valence-corrected chi connectivity index (χ4v) is 1.79. The molecular formula is C12H22O3. The Hall–Kier alpha value is -0.570. The summed E-state index contributed by atoms with van der Waals surface area (Å²) in [6, 6.07) is 0. The lowest BCUT2D eigenvalue weighted by Gasteiger charge is -2.10. The van der Waals surface area contributed by atoms with Crippen molar-refractivity contribution in [2.45, 2.75) is 46.1 Å². The number of carbonyl (C=O) groups excluding carboxylic acids is 1. The fraction of sp³-hybridized carbons (Fsp3) is 0.917. The van der Waals surface area contributed by atoms with Crippen LogP contribution in [0.1, 0.15) is 40.0 Å². The summed E-state index contributed by atoms with van der Waals surface area (Å²) in [4.78, 5) is 11.4. The van der Waals surface area contributed by atoms with Crippen LogP contribution in [0.5, 0.6) is 0 Å². The van der Waals surface area contributed by atoms with E-state index in [-0.39, 0.29) is 18.0 Å². The van der Waals surface area contributed by atoms with E-state index < -0.39 is 0 Å². The molecule has 1 aliphatic rings. The SMILES string of the molecule is CCCCOCC1CC(C(C)C)C(=O)O1. The van der Waals surface area contributed by atoms with Gasteiger partial charge in [0, 0.05) is 13.0 Å². The van der Waals surface area contributed by atoms with Gasteiger partial charge in [0.15, 0.2) is 0 Å². The molecule has 1 rings (SSSR count). The molecule has 0 saturated carbocycles. The third-order valence-electron chi connectivity index (χ3n) is 2.85. The van der Waals surface area contributed by atoms with Crippen molar-refractivity contribution in [3.63, 3.8) is 0 Å². The van der Waals surface area contributed by atoms with Crippen LogP contribution in [-0.2, 0) is 14.3 Å². The highest BCUT2D eigenvalue weighted by Crippen LogP contribution is 2.27. The third-order valence-corrected chi connectivity index (χ3v) is 2.85. The Morgan fingerprint density at radius 1 is 1.53 bits per heavy atom. The topological polar surface area (TPSA) is 35.5 Å². The molecule has 15 heavy (non-hydrogen) atoms. The highest BCUT2D eigenvalue weighted by Gasteiger charge is 2.36. The molecule has 0 aromatic rings. The van der Waals surface area contributed by atoms with Crippen molar-refractivity contribution in [2.24, 2.45) is 11.8 Å². The Morgan fingerprint density at radius 2 is 2.27 bits per heavy atom. The Morgan fingerprint density at radius 3 is 2.80 bits per heavy atom. The largest absolute Gasteiger partial charge is 0.460 e. The number of hydrogen-bond donors (Lipinski definition) is 0. The predicted molar refractivity (Wildman–Crippen MR) is 58.6 cm³/mol. The molecule has 0 N–H and O–H groups in total. The molecule has 0 bridgehead atoms. The molecule has 0 radical (unpaired) electrons. The van der Waals surface area contributed by atoms with E-state index in [0.29, 0.717) is 12.5 Å². The summed E-state index contributed by atoms with van der Waals surface area (Å²) in [6.45, 7) is 7.60. The van der Waals surface area contributed by atoms with Crippen LogP contribution in [0.2, 0.25) is 0 Å². The van der Waals surface area contributed by atoms with E-state index in [9.17, 15) is 4.79 Å². The van der Waals surface area contributed by atoms with Crippen LogP contribution in [0.4, 0.5) is 0 Å². The average molecular weight is 214 g/mol. The molecule has 0 aromatic carbocycles. The van der Waals surface area contributed by atoms with Gasteiger partial charge in [0.25, 0.3) is 0 Å². The molecule has 0 aliphatic carbocycles. The summed E-state index contributed by atoms with van der Waals surface area (Å²) < 4.78 is 10.7. The van der Waals surface area contributed by atoms with E-state index in [1.54, 1.807) is 0 Å². The number of hydrogen-bond acceptors (Lipinski definition) is 3. The second-order valence-corrected chi connectivity index (χ2v) is 4.57. The molecule has 0 spiro atoms. The number of carbonyl (C=O) groups is 1. The van der Waals surface area contributed by atoms with Crippen molar-refractivity contribution >= 4 is 5.97 Å². The zero-order valence-corrected chi connectivity index (χ0v) is 9.99. The van der Waals surface area contributed by atoms with Crippen LogP contribution in [0, 0.1) is 11.8 Å². The summed E-state index contributed by atoms with van der Waals surface area (Å²) in [5.41, 5.74) is 0. The first-order valence-electron chi connectivity index (χ1n) is 5.93. The molecule has 0 aromatic heterocycles. The number of esters is 1. The standard InChI is InChI=1S/C12H22O3/c1-4-5-6-14-8-10-7-11(9(2)3)12(13)15-10/h9-11H,4-8H2,1-3H3. The molecular weight excluding hydrogens is 192 g/mol. The van der Waals surface area contributed by atoms with Crippen molar-refractivity contribution in [3.05, 3.63) is 0 Å². The highest BCUT2D eigenvalue weighted by atomic mass is 16.6. The van der Waals surface area contributed by atoms with Gasteiger partial charge in [0.1, 0.15) is 6.10 Å². The number of rotatable bonds is 6. The van der Waals surface area contributed by atoms with E-state index in [1.807, 2.05) is 0 Å². The monoisotopic (exact) mass is 214 g/mol. The van der Waals surface area contributed by atoms with E-state index in [2.05, 4.69) is 20.8 Å². The van der Waals surface area contributed by atoms with Gasteiger partial charge in [-0.15, -0.1) is 0 Å². The maximum atomic E-state index is 11.4. The molecule has 1 saturated heterocycles. The molecule has 2 atom stereocenters. The maximum absolute atomic E-state index is 11.4. The normalized spacial score (nSPS) is 26.0. The van der Waals surface area contributed by atoms with Gasteiger partial charge in [0.05, 0.1) is 12.5 Å². The first-order valence-corrected chi connectivity index (χ1v) is 5.93. The van der Waals surface area contributed by atoms with Gasteiger partial charge in [-0.05, 0) is 12.3 Å². The van der Waals surface area contributed by atoms with E-state index in [1.165, 1.54) is 0 Å². The van der Waals surface area contributed by atoms with Crippen LogP contribution in [0.3, 0.4) is 0 Å². The minimum Gasteiger partial charge on any atom is -0.460 e. The molecule has 88 valence electrons. The number of cyclic esters (lactones) is 1. The van der Waals surface area contributed by atoms with Crippen molar-refractivity contribution in [3.8, 4) is 0 Å². The van der Waals surface area contributed by atoms with Gasteiger partial charge in [-0.2, -0.15) is 0 Å². The lowest BCUT2D eigenvalue weighted by Crippen LogP contribution is -2.15. The van der Waals surface area contributed by atoms with E-state index >= 15 is 0 Å². The van der Waals surface area contributed by atoms with Gasteiger partial charge < -0.3 is 9.47 Å². The summed E-state index contributed by atoms with van der Waals surface area (Å²) in [5, 5.41) is 0. The van der Waals surface area contributed by atoms with Gasteiger partial charge in [-0.1, -0.05) is 27.2 Å². The van der Waals surface area contributed by atoms with E-state index in [4.69, 9.17) is 9.47 Å². The average Bonchev–Trinajstić information content (AvgIpc) is 2.55. The molecule has 1 heterocycles. The summed E-state index contributed by atoms with van der Waals surface area (Å²) in [6.07, 6.45) is 3.03. The Bertz CT molecular complexity index is 201. The molecule has 0 amide bonds. The lowest BCUT2D eigenvalue weighted by atomic mass is 9.93. The molecule has 3 nitrogen and oxygen atoms in total.